The van der Waals surface area contributed by atoms with E-state index in [0.717, 1.165) is 34.6 Å². The second-order valence-electron chi connectivity index (χ2n) is 8.33. The molecule has 2 fully saturated rings. The second-order valence-corrected chi connectivity index (χ2v) is 8.33. The minimum absolute atomic E-state index is 0.0670. The van der Waals surface area contributed by atoms with Crippen LogP contribution in [-0.2, 0) is 15.1 Å². The highest BCUT2D eigenvalue weighted by atomic mass is 16.5. The van der Waals surface area contributed by atoms with E-state index >= 15 is 0 Å². The number of urea groups is 1. The van der Waals surface area contributed by atoms with Gasteiger partial charge < -0.3 is 15.0 Å². The predicted molar refractivity (Wildman–Crippen MR) is 115 cm³/mol. The highest BCUT2D eigenvalue weighted by Crippen LogP contribution is 2.34. The summed E-state index contributed by atoms with van der Waals surface area (Å²) in [6, 6.07) is 14.5. The topological polar surface area (TPSA) is 79.0 Å². The summed E-state index contributed by atoms with van der Waals surface area (Å²) in [4.78, 5) is 41.7. The molecule has 7 nitrogen and oxygen atoms in total. The van der Waals surface area contributed by atoms with Gasteiger partial charge in [-0.2, -0.15) is 0 Å². The van der Waals surface area contributed by atoms with Crippen LogP contribution < -0.4 is 10.1 Å². The highest BCUT2D eigenvalue weighted by Gasteiger charge is 2.50. The van der Waals surface area contributed by atoms with Crippen LogP contribution in [0.2, 0.25) is 0 Å². The van der Waals surface area contributed by atoms with E-state index in [4.69, 9.17) is 4.74 Å². The number of methoxy groups -OCH3 is 1. The number of imide groups is 1. The van der Waals surface area contributed by atoms with Crippen molar-refractivity contribution in [2.75, 3.05) is 20.2 Å². The molecule has 2 aliphatic heterocycles. The van der Waals surface area contributed by atoms with E-state index in [0.29, 0.717) is 12.1 Å². The number of amides is 4. The van der Waals surface area contributed by atoms with E-state index in [2.05, 4.69) is 5.32 Å². The molecular formula is C24H27N3O4. The van der Waals surface area contributed by atoms with Gasteiger partial charge in [0.1, 0.15) is 17.8 Å². The number of benzene rings is 2. The fraction of sp³-hybridized carbons (Fsp3) is 0.375. The molecule has 7 heteroatoms. The van der Waals surface area contributed by atoms with Gasteiger partial charge in [0.15, 0.2) is 0 Å². The molecule has 0 aromatic heterocycles. The number of hydrogen-bond acceptors (Lipinski definition) is 4. The van der Waals surface area contributed by atoms with Gasteiger partial charge >= 0.3 is 6.03 Å². The summed E-state index contributed by atoms with van der Waals surface area (Å²) >= 11 is 0. The Balaban J connectivity index is 1.50. The molecule has 2 atom stereocenters. The summed E-state index contributed by atoms with van der Waals surface area (Å²) in [6.45, 7) is 3.98. The second kappa shape index (κ2) is 8.06. The Labute approximate surface area is 182 Å². The smallest absolute Gasteiger partial charge is 0.325 e. The SMILES string of the molecule is COc1ccc([C@H]2CCCN2C(=O)CN2C(=O)N[C@@](C)(c3ccc(C)cc3)C2=O)cc1. The number of likely N-dealkylation sites (tertiary alicyclic amines) is 1. The lowest BCUT2D eigenvalue weighted by molar-refractivity contribution is -0.139. The third-order valence-electron chi connectivity index (χ3n) is 6.27. The van der Waals surface area contributed by atoms with Crippen molar-refractivity contribution in [2.45, 2.75) is 38.3 Å². The molecule has 0 spiro atoms. The van der Waals surface area contributed by atoms with Gasteiger partial charge in [-0.3, -0.25) is 14.5 Å². The number of aryl methyl sites for hydroxylation is 1. The first kappa shape index (κ1) is 20.9. The van der Waals surface area contributed by atoms with Crippen LogP contribution in [0.5, 0.6) is 5.75 Å². The molecule has 4 amide bonds. The van der Waals surface area contributed by atoms with Crippen molar-refractivity contribution in [1.82, 2.24) is 15.1 Å². The van der Waals surface area contributed by atoms with Crippen LogP contribution in [0, 0.1) is 6.92 Å². The Morgan fingerprint density at radius 3 is 2.45 bits per heavy atom. The lowest BCUT2D eigenvalue weighted by Crippen LogP contribution is -2.44. The first-order valence-corrected chi connectivity index (χ1v) is 10.5. The van der Waals surface area contributed by atoms with Crippen LogP contribution in [0.25, 0.3) is 0 Å². The third kappa shape index (κ3) is 3.76. The van der Waals surface area contributed by atoms with Gasteiger partial charge in [0.05, 0.1) is 13.2 Å². The van der Waals surface area contributed by atoms with Crippen molar-refractivity contribution in [2.24, 2.45) is 0 Å². The number of nitrogens with zero attached hydrogens (tertiary/aromatic N) is 2. The normalized spacial score (nSPS) is 23.3. The van der Waals surface area contributed by atoms with Crippen LogP contribution in [0.3, 0.4) is 0 Å². The molecule has 2 heterocycles. The summed E-state index contributed by atoms with van der Waals surface area (Å²) in [5.41, 5.74) is 1.61. The number of ether oxygens (including phenoxy) is 1. The van der Waals surface area contributed by atoms with Crippen LogP contribution in [0.4, 0.5) is 4.79 Å². The van der Waals surface area contributed by atoms with Crippen LogP contribution >= 0.6 is 0 Å². The Bertz CT molecular complexity index is 1000. The maximum atomic E-state index is 13.2. The average Bonchev–Trinajstić information content (AvgIpc) is 3.34. The van der Waals surface area contributed by atoms with Crippen LogP contribution in [0.1, 0.15) is 42.5 Å². The lowest BCUT2D eigenvalue weighted by atomic mass is 9.91. The lowest BCUT2D eigenvalue weighted by Gasteiger charge is -2.27. The van der Waals surface area contributed by atoms with E-state index in [9.17, 15) is 14.4 Å². The van der Waals surface area contributed by atoms with Gasteiger partial charge in [-0.25, -0.2) is 4.79 Å². The fourth-order valence-corrected chi connectivity index (χ4v) is 4.39. The number of carbonyl (C=O) groups is 3. The molecule has 2 saturated heterocycles. The molecule has 0 saturated carbocycles. The molecule has 0 bridgehead atoms. The molecule has 0 radical (unpaired) electrons. The van der Waals surface area contributed by atoms with Gasteiger partial charge in [0, 0.05) is 6.54 Å². The van der Waals surface area contributed by atoms with Crippen molar-refractivity contribution in [1.29, 1.82) is 0 Å². The van der Waals surface area contributed by atoms with Crippen LogP contribution in [0.15, 0.2) is 48.5 Å². The van der Waals surface area contributed by atoms with E-state index in [1.165, 1.54) is 0 Å². The maximum Gasteiger partial charge on any atom is 0.325 e. The molecular weight excluding hydrogens is 394 g/mol. The van der Waals surface area contributed by atoms with Gasteiger partial charge in [0.25, 0.3) is 5.91 Å². The largest absolute Gasteiger partial charge is 0.497 e. The Morgan fingerprint density at radius 1 is 1.13 bits per heavy atom. The first-order valence-electron chi connectivity index (χ1n) is 10.5. The number of rotatable bonds is 5. The molecule has 162 valence electrons. The summed E-state index contributed by atoms with van der Waals surface area (Å²) in [5.74, 6) is 0.124. The van der Waals surface area contributed by atoms with Crippen molar-refractivity contribution >= 4 is 17.8 Å². The zero-order valence-corrected chi connectivity index (χ0v) is 18.1. The molecule has 4 rings (SSSR count). The maximum absolute atomic E-state index is 13.2. The summed E-state index contributed by atoms with van der Waals surface area (Å²) in [7, 11) is 1.61. The van der Waals surface area contributed by atoms with Crippen molar-refractivity contribution in [3.05, 3.63) is 65.2 Å². The third-order valence-corrected chi connectivity index (χ3v) is 6.27. The monoisotopic (exact) mass is 421 g/mol. The highest BCUT2D eigenvalue weighted by molar-refractivity contribution is 6.09. The zero-order chi connectivity index (χ0) is 22.2. The van der Waals surface area contributed by atoms with Gasteiger partial charge in [0.2, 0.25) is 5.91 Å². The average molecular weight is 421 g/mol. The van der Waals surface area contributed by atoms with E-state index in [1.54, 1.807) is 18.9 Å². The Kier molecular flexibility index (Phi) is 5.43. The molecule has 2 aliphatic rings. The number of nitrogens with one attached hydrogen (secondary N) is 1. The molecule has 2 aromatic carbocycles. The molecule has 0 unspecified atom stereocenters. The minimum Gasteiger partial charge on any atom is -0.497 e. The quantitative estimate of drug-likeness (QED) is 0.753. The Morgan fingerprint density at radius 2 is 1.81 bits per heavy atom. The fourth-order valence-electron chi connectivity index (χ4n) is 4.39. The predicted octanol–water partition coefficient (Wildman–Crippen LogP) is 3.13. The summed E-state index contributed by atoms with van der Waals surface area (Å²) < 4.78 is 5.21. The number of carbonyl (C=O) groups excluding carboxylic acids is 3. The van der Waals surface area contributed by atoms with Crippen molar-refractivity contribution in [3.8, 4) is 5.75 Å². The van der Waals surface area contributed by atoms with Crippen molar-refractivity contribution < 1.29 is 19.1 Å². The van der Waals surface area contributed by atoms with Gasteiger partial charge in [-0.1, -0.05) is 42.0 Å². The zero-order valence-electron chi connectivity index (χ0n) is 18.1. The van der Waals surface area contributed by atoms with E-state index in [1.807, 2.05) is 55.5 Å². The van der Waals surface area contributed by atoms with E-state index in [-0.39, 0.29) is 18.5 Å². The molecule has 0 aliphatic carbocycles. The minimum atomic E-state index is -1.18. The Hall–Kier alpha value is -3.35. The molecule has 2 aromatic rings. The summed E-state index contributed by atoms with van der Waals surface area (Å²) in [6.07, 6.45) is 1.73. The first-order chi connectivity index (χ1) is 14.8. The van der Waals surface area contributed by atoms with Gasteiger partial charge in [-0.15, -0.1) is 0 Å². The summed E-state index contributed by atoms with van der Waals surface area (Å²) in [5, 5.41) is 2.77. The van der Waals surface area contributed by atoms with Gasteiger partial charge in [-0.05, 0) is 49.9 Å². The number of hydrogen-bond donors (Lipinski definition) is 1. The van der Waals surface area contributed by atoms with Crippen molar-refractivity contribution in [3.63, 3.8) is 0 Å². The van der Waals surface area contributed by atoms with Crippen LogP contribution in [-0.4, -0.2) is 47.8 Å². The standard InChI is InChI=1S/C24H27N3O4/c1-16-6-10-18(11-7-16)24(2)22(29)27(23(30)25-24)15-21(28)26-14-4-5-20(26)17-8-12-19(31-3)13-9-17/h6-13,20H,4-5,14-15H2,1-3H3,(H,25,30)/t20-,24+/m1/s1. The molecule has 1 N–H and O–H groups in total. The van der Waals surface area contributed by atoms with E-state index < -0.39 is 17.5 Å². The molecule has 31 heavy (non-hydrogen) atoms.